The predicted molar refractivity (Wildman–Crippen MR) is 94.1 cm³/mol. The van der Waals surface area contributed by atoms with E-state index >= 15 is 0 Å². The molecule has 2 heterocycles. The zero-order valence-corrected chi connectivity index (χ0v) is 13.1. The molecule has 24 heavy (non-hydrogen) atoms. The Morgan fingerprint density at radius 2 is 1.71 bits per heavy atom. The molecule has 0 saturated carbocycles. The fourth-order valence-corrected chi connectivity index (χ4v) is 3.04. The van der Waals surface area contributed by atoms with Gasteiger partial charge in [0.2, 0.25) is 0 Å². The minimum atomic E-state index is -0.189. The smallest absolute Gasteiger partial charge is 0.265 e. The normalized spacial score (nSPS) is 14.9. The Bertz CT molecular complexity index is 928. The molecule has 0 spiro atoms. The molecule has 122 valence electrons. The number of anilines is 1. The van der Waals surface area contributed by atoms with Crippen molar-refractivity contribution in [2.45, 2.75) is 0 Å². The Labute approximate surface area is 139 Å². The van der Waals surface area contributed by atoms with Gasteiger partial charge in [-0.05, 0) is 42.5 Å². The van der Waals surface area contributed by atoms with Crippen LogP contribution < -0.4 is 15.8 Å². The highest BCUT2D eigenvalue weighted by Gasteiger charge is 2.11. The van der Waals surface area contributed by atoms with Gasteiger partial charge in [-0.15, -0.1) is 0 Å². The number of nitrogens with zero attached hydrogens (tertiary/aromatic N) is 3. The van der Waals surface area contributed by atoms with E-state index in [0.29, 0.717) is 10.9 Å². The summed E-state index contributed by atoms with van der Waals surface area (Å²) >= 11 is 0. The lowest BCUT2D eigenvalue weighted by Crippen LogP contribution is -2.43. The third kappa shape index (κ3) is 2.61. The van der Waals surface area contributed by atoms with Crippen molar-refractivity contribution in [1.82, 2.24) is 14.9 Å². The standard InChI is InChI=1S/C18H18N4O2/c23-15-5-6-17-16(11-15)18(24)22(12-20-17)14-3-1-13(2-4-14)21-9-7-19-8-10-21/h1-6,11-12,19,23H,7-10H2. The molecule has 0 unspecified atom stereocenters. The Kier molecular flexibility index (Phi) is 3.66. The van der Waals surface area contributed by atoms with Gasteiger partial charge in [0, 0.05) is 31.9 Å². The van der Waals surface area contributed by atoms with Crippen LogP contribution in [0.1, 0.15) is 0 Å². The summed E-state index contributed by atoms with van der Waals surface area (Å²) in [5.41, 5.74) is 2.30. The maximum absolute atomic E-state index is 12.7. The minimum Gasteiger partial charge on any atom is -0.508 e. The molecule has 6 nitrogen and oxygen atoms in total. The second kappa shape index (κ2) is 5.98. The topological polar surface area (TPSA) is 70.4 Å². The molecule has 0 radical (unpaired) electrons. The van der Waals surface area contributed by atoms with Gasteiger partial charge in [0.1, 0.15) is 12.1 Å². The Morgan fingerprint density at radius 3 is 2.46 bits per heavy atom. The molecule has 0 amide bonds. The van der Waals surface area contributed by atoms with E-state index in [-0.39, 0.29) is 11.3 Å². The van der Waals surface area contributed by atoms with Crippen molar-refractivity contribution < 1.29 is 5.11 Å². The number of piperazine rings is 1. The Morgan fingerprint density at radius 1 is 1.00 bits per heavy atom. The molecule has 1 fully saturated rings. The van der Waals surface area contributed by atoms with Crippen LogP contribution in [-0.2, 0) is 0 Å². The summed E-state index contributed by atoms with van der Waals surface area (Å²) < 4.78 is 1.50. The third-order valence-electron chi connectivity index (χ3n) is 4.35. The van der Waals surface area contributed by atoms with Gasteiger partial charge < -0.3 is 15.3 Å². The Balaban J connectivity index is 1.72. The van der Waals surface area contributed by atoms with Crippen LogP contribution in [0.2, 0.25) is 0 Å². The number of aromatic hydroxyl groups is 1. The van der Waals surface area contributed by atoms with Gasteiger partial charge in [0.25, 0.3) is 5.56 Å². The van der Waals surface area contributed by atoms with Gasteiger partial charge >= 0.3 is 0 Å². The molecule has 4 rings (SSSR count). The van der Waals surface area contributed by atoms with Gasteiger partial charge in [-0.2, -0.15) is 0 Å². The number of phenols is 1. The average Bonchev–Trinajstić information content (AvgIpc) is 2.63. The number of hydrogen-bond acceptors (Lipinski definition) is 5. The molecule has 1 aromatic heterocycles. The van der Waals surface area contributed by atoms with Gasteiger partial charge in [-0.25, -0.2) is 4.98 Å². The Hall–Kier alpha value is -2.86. The maximum atomic E-state index is 12.7. The van der Waals surface area contributed by atoms with Gasteiger partial charge in [-0.1, -0.05) is 0 Å². The van der Waals surface area contributed by atoms with Crippen molar-refractivity contribution in [2.24, 2.45) is 0 Å². The number of hydrogen-bond donors (Lipinski definition) is 2. The van der Waals surface area contributed by atoms with E-state index in [9.17, 15) is 9.90 Å². The van der Waals surface area contributed by atoms with Crippen molar-refractivity contribution in [1.29, 1.82) is 0 Å². The van der Waals surface area contributed by atoms with Crippen molar-refractivity contribution in [3.8, 4) is 11.4 Å². The summed E-state index contributed by atoms with van der Waals surface area (Å²) in [6, 6.07) is 12.5. The number of benzene rings is 2. The first-order valence-corrected chi connectivity index (χ1v) is 7.99. The lowest BCUT2D eigenvalue weighted by Gasteiger charge is -2.29. The molecular weight excluding hydrogens is 304 g/mol. The van der Waals surface area contributed by atoms with E-state index in [1.165, 1.54) is 23.0 Å². The van der Waals surface area contributed by atoms with Crippen LogP contribution in [0.25, 0.3) is 16.6 Å². The van der Waals surface area contributed by atoms with Gasteiger partial charge in [0.05, 0.1) is 16.6 Å². The summed E-state index contributed by atoms with van der Waals surface area (Å²) in [5.74, 6) is 0.0632. The number of aromatic nitrogens is 2. The van der Waals surface area contributed by atoms with Crippen LogP contribution in [0.3, 0.4) is 0 Å². The molecule has 2 aromatic carbocycles. The van der Waals surface area contributed by atoms with E-state index in [0.717, 1.165) is 37.6 Å². The maximum Gasteiger partial charge on any atom is 0.265 e. The quantitative estimate of drug-likeness (QED) is 0.748. The molecule has 0 bridgehead atoms. The van der Waals surface area contributed by atoms with E-state index in [1.807, 2.05) is 24.3 Å². The lowest BCUT2D eigenvalue weighted by molar-refractivity contribution is 0.476. The van der Waals surface area contributed by atoms with Crippen LogP contribution in [0.4, 0.5) is 5.69 Å². The molecule has 1 aliphatic rings. The summed E-state index contributed by atoms with van der Waals surface area (Å²) in [6.07, 6.45) is 1.53. The first-order chi connectivity index (χ1) is 11.7. The molecule has 0 aliphatic carbocycles. The zero-order valence-electron chi connectivity index (χ0n) is 13.1. The SMILES string of the molecule is O=c1c2cc(O)ccc2ncn1-c1ccc(N2CCNCC2)cc1. The number of fused-ring (bicyclic) bond motifs is 1. The average molecular weight is 322 g/mol. The van der Waals surface area contributed by atoms with Crippen LogP contribution in [0.5, 0.6) is 5.75 Å². The zero-order chi connectivity index (χ0) is 16.5. The van der Waals surface area contributed by atoms with Crippen molar-refractivity contribution in [2.75, 3.05) is 31.1 Å². The molecule has 1 saturated heterocycles. The summed E-state index contributed by atoms with van der Waals surface area (Å²) in [5, 5.41) is 13.4. The second-order valence-electron chi connectivity index (χ2n) is 5.87. The number of rotatable bonds is 2. The van der Waals surface area contributed by atoms with E-state index < -0.39 is 0 Å². The third-order valence-corrected chi connectivity index (χ3v) is 4.35. The van der Waals surface area contributed by atoms with Crippen LogP contribution in [0.15, 0.2) is 53.6 Å². The summed E-state index contributed by atoms with van der Waals surface area (Å²) in [7, 11) is 0. The number of nitrogens with one attached hydrogen (secondary N) is 1. The van der Waals surface area contributed by atoms with Crippen LogP contribution in [0, 0.1) is 0 Å². The highest BCUT2D eigenvalue weighted by molar-refractivity contribution is 5.79. The highest BCUT2D eigenvalue weighted by Crippen LogP contribution is 2.19. The largest absolute Gasteiger partial charge is 0.508 e. The first kappa shape index (κ1) is 14.7. The number of phenolic OH excluding ortho intramolecular Hbond substituents is 1. The minimum absolute atomic E-state index is 0.0632. The van der Waals surface area contributed by atoms with Crippen molar-refractivity contribution in [3.63, 3.8) is 0 Å². The van der Waals surface area contributed by atoms with Crippen molar-refractivity contribution >= 4 is 16.6 Å². The molecule has 1 aliphatic heterocycles. The highest BCUT2D eigenvalue weighted by atomic mass is 16.3. The van der Waals surface area contributed by atoms with E-state index in [2.05, 4.69) is 15.2 Å². The van der Waals surface area contributed by atoms with Crippen LogP contribution in [-0.4, -0.2) is 40.8 Å². The van der Waals surface area contributed by atoms with Crippen LogP contribution >= 0.6 is 0 Å². The van der Waals surface area contributed by atoms with Gasteiger partial charge in [0.15, 0.2) is 0 Å². The van der Waals surface area contributed by atoms with E-state index in [4.69, 9.17) is 0 Å². The first-order valence-electron chi connectivity index (χ1n) is 7.99. The predicted octanol–water partition coefficient (Wildman–Crippen LogP) is 1.50. The second-order valence-corrected chi connectivity index (χ2v) is 5.87. The fraction of sp³-hybridized carbons (Fsp3) is 0.222. The summed E-state index contributed by atoms with van der Waals surface area (Å²) in [4.78, 5) is 19.3. The molecule has 2 N–H and O–H groups in total. The van der Waals surface area contributed by atoms with E-state index in [1.54, 1.807) is 6.07 Å². The van der Waals surface area contributed by atoms with Gasteiger partial charge in [-0.3, -0.25) is 9.36 Å². The molecule has 3 aromatic rings. The molecule has 0 atom stereocenters. The summed E-state index contributed by atoms with van der Waals surface area (Å²) in [6.45, 7) is 3.94. The lowest BCUT2D eigenvalue weighted by atomic mass is 10.2. The molecular formula is C18H18N4O2. The fourth-order valence-electron chi connectivity index (χ4n) is 3.04. The molecule has 6 heteroatoms. The monoisotopic (exact) mass is 322 g/mol. The van der Waals surface area contributed by atoms with Crippen molar-refractivity contribution in [3.05, 3.63) is 59.1 Å².